The Kier molecular flexibility index (Phi) is 5.46. The van der Waals surface area contributed by atoms with Crippen LogP contribution >= 0.6 is 0 Å². The molecule has 3 rings (SSSR count). The van der Waals surface area contributed by atoms with Crippen LogP contribution in [-0.2, 0) is 17.4 Å². The van der Waals surface area contributed by atoms with Crippen molar-refractivity contribution in [3.8, 4) is 11.8 Å². The lowest BCUT2D eigenvalue weighted by Crippen LogP contribution is -2.25. The highest BCUT2D eigenvalue weighted by Gasteiger charge is 2.30. The summed E-state index contributed by atoms with van der Waals surface area (Å²) >= 11 is 0. The Morgan fingerprint density at radius 3 is 2.52 bits per heavy atom. The molecule has 0 unspecified atom stereocenters. The van der Waals surface area contributed by atoms with Gasteiger partial charge < -0.3 is 5.32 Å². The van der Waals surface area contributed by atoms with Gasteiger partial charge in [0.15, 0.2) is 0 Å². The summed E-state index contributed by atoms with van der Waals surface area (Å²) in [5.74, 6) is 5.14. The van der Waals surface area contributed by atoms with Gasteiger partial charge in [0.2, 0.25) is 5.91 Å². The van der Waals surface area contributed by atoms with Crippen LogP contribution in [0.2, 0.25) is 0 Å². The van der Waals surface area contributed by atoms with Crippen molar-refractivity contribution in [3.05, 3.63) is 83.4 Å². The molecule has 3 aromatic rings. The molecule has 0 atom stereocenters. The fraction of sp³-hybridized carbons (Fsp3) is 0.136. The monoisotopic (exact) mass is 367 g/mol. The molecule has 3 aromatic carbocycles. The van der Waals surface area contributed by atoms with E-state index in [4.69, 9.17) is 0 Å². The van der Waals surface area contributed by atoms with Gasteiger partial charge in [-0.05, 0) is 34.5 Å². The van der Waals surface area contributed by atoms with E-state index in [1.54, 1.807) is 0 Å². The van der Waals surface area contributed by atoms with Crippen LogP contribution in [0.3, 0.4) is 0 Å². The minimum Gasteiger partial charge on any atom is -0.345 e. The second kappa shape index (κ2) is 7.96. The molecule has 1 N–H and O–H groups in total. The fourth-order valence-electron chi connectivity index (χ4n) is 2.74. The molecule has 2 nitrogen and oxygen atoms in total. The lowest BCUT2D eigenvalue weighted by molar-refractivity contribution is -0.137. The van der Waals surface area contributed by atoms with Crippen molar-refractivity contribution in [1.29, 1.82) is 0 Å². The maximum atomic E-state index is 12.7. The first kappa shape index (κ1) is 18.5. The van der Waals surface area contributed by atoms with Crippen molar-refractivity contribution in [3.63, 3.8) is 0 Å². The van der Waals surface area contributed by atoms with E-state index in [2.05, 4.69) is 17.2 Å². The average Bonchev–Trinajstić information content (AvgIpc) is 2.65. The van der Waals surface area contributed by atoms with Crippen LogP contribution in [0.25, 0.3) is 10.8 Å². The summed E-state index contributed by atoms with van der Waals surface area (Å²) in [5.41, 5.74) is 0.429. The molecule has 0 heterocycles. The number of carbonyl (C=O) groups excluding carboxylic acids is 1. The number of amides is 1. The molecule has 0 aromatic heterocycles. The van der Waals surface area contributed by atoms with Gasteiger partial charge >= 0.3 is 6.18 Å². The zero-order valence-corrected chi connectivity index (χ0v) is 14.3. The van der Waals surface area contributed by atoms with E-state index in [0.29, 0.717) is 0 Å². The number of hydrogen-bond donors (Lipinski definition) is 1. The number of rotatable bonds is 3. The van der Waals surface area contributed by atoms with Crippen molar-refractivity contribution in [1.82, 2.24) is 5.32 Å². The van der Waals surface area contributed by atoms with Crippen molar-refractivity contribution >= 4 is 16.7 Å². The van der Waals surface area contributed by atoms with E-state index in [1.165, 1.54) is 12.1 Å². The first-order valence-electron chi connectivity index (χ1n) is 8.33. The molecule has 136 valence electrons. The quantitative estimate of drug-likeness (QED) is 0.675. The van der Waals surface area contributed by atoms with E-state index in [-0.39, 0.29) is 24.4 Å². The standard InChI is InChI=1S/C22H16F3NO/c23-22(24,25)19-11-3-6-16(14-19)7-5-13-26-21(27)15-18-10-4-9-17-8-1-2-12-20(17)18/h1-4,6,8-12,14H,13,15H2,(H,26,27). The van der Waals surface area contributed by atoms with Gasteiger partial charge in [-0.15, -0.1) is 0 Å². The van der Waals surface area contributed by atoms with Gasteiger partial charge in [0.25, 0.3) is 0 Å². The first-order valence-corrected chi connectivity index (χ1v) is 8.33. The van der Waals surface area contributed by atoms with Crippen molar-refractivity contribution in [2.45, 2.75) is 12.6 Å². The van der Waals surface area contributed by atoms with E-state index in [1.807, 2.05) is 42.5 Å². The lowest BCUT2D eigenvalue weighted by Gasteiger charge is -2.06. The Hall–Kier alpha value is -3.26. The van der Waals surface area contributed by atoms with Crippen LogP contribution < -0.4 is 5.32 Å². The molecule has 0 aliphatic carbocycles. The molecule has 27 heavy (non-hydrogen) atoms. The van der Waals surface area contributed by atoms with Crippen molar-refractivity contribution < 1.29 is 18.0 Å². The maximum Gasteiger partial charge on any atom is 0.416 e. The summed E-state index contributed by atoms with van der Waals surface area (Å²) in [6.45, 7) is 0.0693. The SMILES string of the molecule is O=C(Cc1cccc2ccccc12)NCC#Cc1cccc(C(F)(F)F)c1. The molecule has 1 amide bonds. The van der Waals surface area contributed by atoms with Gasteiger partial charge in [-0.3, -0.25) is 4.79 Å². The molecule has 0 radical (unpaired) electrons. The molecule has 0 saturated heterocycles. The highest BCUT2D eigenvalue weighted by Crippen LogP contribution is 2.29. The molecule has 0 saturated carbocycles. The van der Waals surface area contributed by atoms with Gasteiger partial charge in [-0.2, -0.15) is 13.2 Å². The van der Waals surface area contributed by atoms with Crippen LogP contribution in [-0.4, -0.2) is 12.5 Å². The predicted molar refractivity (Wildman–Crippen MR) is 99.0 cm³/mol. The number of hydrogen-bond acceptors (Lipinski definition) is 1. The highest BCUT2D eigenvalue weighted by atomic mass is 19.4. The molecule has 5 heteroatoms. The fourth-order valence-corrected chi connectivity index (χ4v) is 2.74. The third-order valence-electron chi connectivity index (χ3n) is 4.03. The van der Waals surface area contributed by atoms with E-state index >= 15 is 0 Å². The van der Waals surface area contributed by atoms with Gasteiger partial charge in [-0.25, -0.2) is 0 Å². The van der Waals surface area contributed by atoms with Crippen molar-refractivity contribution in [2.75, 3.05) is 6.54 Å². The second-order valence-corrected chi connectivity index (χ2v) is 5.97. The van der Waals surface area contributed by atoms with E-state index in [0.717, 1.165) is 28.5 Å². The molecular formula is C22H16F3NO. The maximum absolute atomic E-state index is 12.7. The molecule has 0 aliphatic rings. The third-order valence-corrected chi connectivity index (χ3v) is 4.03. The normalized spacial score (nSPS) is 10.9. The Labute approximate surface area is 155 Å². The summed E-state index contributed by atoms with van der Waals surface area (Å²) in [6, 6.07) is 18.4. The zero-order valence-electron chi connectivity index (χ0n) is 14.3. The average molecular weight is 367 g/mol. The first-order chi connectivity index (χ1) is 12.9. The molecule has 0 spiro atoms. The number of benzene rings is 3. The summed E-state index contributed by atoms with van der Waals surface area (Å²) in [4.78, 5) is 12.1. The molecule has 0 bridgehead atoms. The van der Waals surface area contributed by atoms with Crippen LogP contribution in [0, 0.1) is 11.8 Å². The number of alkyl halides is 3. The summed E-state index contributed by atoms with van der Waals surface area (Å²) in [7, 11) is 0. The Morgan fingerprint density at radius 2 is 1.70 bits per heavy atom. The largest absolute Gasteiger partial charge is 0.416 e. The molecular weight excluding hydrogens is 351 g/mol. The Morgan fingerprint density at radius 1 is 0.963 bits per heavy atom. The predicted octanol–water partition coefficient (Wildman–Crippen LogP) is 4.57. The smallest absolute Gasteiger partial charge is 0.345 e. The second-order valence-electron chi connectivity index (χ2n) is 5.97. The number of halogens is 3. The van der Waals surface area contributed by atoms with Crippen LogP contribution in [0.15, 0.2) is 66.7 Å². The van der Waals surface area contributed by atoms with Gasteiger partial charge in [0, 0.05) is 5.56 Å². The lowest BCUT2D eigenvalue weighted by atomic mass is 10.0. The van der Waals surface area contributed by atoms with E-state index in [9.17, 15) is 18.0 Å². The van der Waals surface area contributed by atoms with Gasteiger partial charge in [0.1, 0.15) is 0 Å². The third kappa shape index (κ3) is 4.89. The summed E-state index contributed by atoms with van der Waals surface area (Å²) in [6.07, 6.45) is -4.18. The van der Waals surface area contributed by atoms with Crippen LogP contribution in [0.5, 0.6) is 0 Å². The van der Waals surface area contributed by atoms with Gasteiger partial charge in [0.05, 0.1) is 18.5 Å². The zero-order chi connectivity index (χ0) is 19.3. The molecule has 0 aliphatic heterocycles. The Balaban J connectivity index is 1.60. The molecule has 0 fully saturated rings. The van der Waals surface area contributed by atoms with E-state index < -0.39 is 11.7 Å². The summed E-state index contributed by atoms with van der Waals surface area (Å²) < 4.78 is 38.0. The van der Waals surface area contributed by atoms with Gasteiger partial charge in [-0.1, -0.05) is 60.4 Å². The topological polar surface area (TPSA) is 29.1 Å². The van der Waals surface area contributed by atoms with Crippen LogP contribution in [0.1, 0.15) is 16.7 Å². The Bertz CT molecular complexity index is 1020. The number of nitrogens with one attached hydrogen (secondary N) is 1. The minimum atomic E-state index is -4.40. The highest BCUT2D eigenvalue weighted by molar-refractivity contribution is 5.90. The number of fused-ring (bicyclic) bond motifs is 1. The van der Waals surface area contributed by atoms with Crippen LogP contribution in [0.4, 0.5) is 13.2 Å². The van der Waals surface area contributed by atoms with Crippen molar-refractivity contribution in [2.24, 2.45) is 0 Å². The minimum absolute atomic E-state index is 0.0693. The number of carbonyl (C=O) groups is 1. The summed E-state index contributed by atoms with van der Waals surface area (Å²) in [5, 5.41) is 4.76.